The van der Waals surface area contributed by atoms with Gasteiger partial charge in [-0.2, -0.15) is 5.43 Å². The summed E-state index contributed by atoms with van der Waals surface area (Å²) in [6, 6.07) is 7.82. The summed E-state index contributed by atoms with van der Waals surface area (Å²) in [4.78, 5) is 12.0. The van der Waals surface area contributed by atoms with E-state index in [9.17, 15) is 4.79 Å². The van der Waals surface area contributed by atoms with E-state index in [-0.39, 0.29) is 16.4 Å². The van der Waals surface area contributed by atoms with Gasteiger partial charge in [0.25, 0.3) is 0 Å². The molecule has 1 unspecified atom stereocenters. The molecule has 1 aromatic carbocycles. The highest BCUT2D eigenvalue weighted by Crippen LogP contribution is 2.33. The highest BCUT2D eigenvalue weighted by molar-refractivity contribution is 6.28. The summed E-state index contributed by atoms with van der Waals surface area (Å²) in [5.74, 6) is -0.0733. The van der Waals surface area contributed by atoms with Crippen molar-refractivity contribution >= 4 is 29.3 Å². The van der Waals surface area contributed by atoms with Gasteiger partial charge in [-0.15, -0.1) is 16.2 Å². The van der Waals surface area contributed by atoms with Crippen LogP contribution in [0.5, 0.6) is 0 Å². The average Bonchev–Trinajstić information content (AvgIpc) is 2.69. The van der Waals surface area contributed by atoms with Crippen LogP contribution >= 0.6 is 11.6 Å². The Morgan fingerprint density at radius 2 is 2.19 bits per heavy atom. The first kappa shape index (κ1) is 11.3. The minimum atomic E-state index is -0.0651. The van der Waals surface area contributed by atoms with Gasteiger partial charge in [-0.1, -0.05) is 12.1 Å². The quantitative estimate of drug-likeness (QED) is 0.646. The lowest BCUT2D eigenvalue weighted by molar-refractivity contribution is -0.127. The van der Waals surface area contributed by atoms with Gasteiger partial charge in [-0.25, -0.2) is 4.79 Å². The number of hydrogen-bond donors (Lipinski definition) is 1. The lowest BCUT2D eigenvalue weighted by Crippen LogP contribution is -2.59. The number of hydrogen-bond acceptors (Lipinski definition) is 2. The Labute approximate surface area is 99.9 Å². The van der Waals surface area contributed by atoms with Gasteiger partial charge in [0.2, 0.25) is 0 Å². The van der Waals surface area contributed by atoms with Gasteiger partial charge in [0, 0.05) is 24.3 Å². The number of rotatable bonds is 3. The number of nitrogens with zero attached hydrogens (tertiary/aromatic N) is 1. The van der Waals surface area contributed by atoms with E-state index in [0.717, 1.165) is 11.3 Å². The molecule has 1 aliphatic rings. The summed E-state index contributed by atoms with van der Waals surface area (Å²) in [5.41, 5.74) is 5.18. The summed E-state index contributed by atoms with van der Waals surface area (Å²) in [7, 11) is 0. The van der Waals surface area contributed by atoms with E-state index in [4.69, 9.17) is 11.6 Å². The molecule has 84 valence electrons. The van der Waals surface area contributed by atoms with Crippen molar-refractivity contribution in [1.82, 2.24) is 10.0 Å². The third-order valence-corrected chi connectivity index (χ3v) is 2.94. The number of quaternary nitrogens is 1. The Hall–Kier alpha value is -1.16. The van der Waals surface area contributed by atoms with E-state index >= 15 is 0 Å². The van der Waals surface area contributed by atoms with Crippen LogP contribution in [0.15, 0.2) is 30.5 Å². The van der Waals surface area contributed by atoms with Crippen LogP contribution in [0, 0.1) is 0 Å². The molecule has 4 heteroatoms. The zero-order valence-electron chi connectivity index (χ0n) is 9.11. The molecular weight excluding hydrogens is 224 g/mol. The topological polar surface area (TPSA) is 29.1 Å². The number of nitrogens with one attached hydrogen (secondary N) is 1. The summed E-state index contributed by atoms with van der Waals surface area (Å²) < 4.78 is 0.0240. The van der Waals surface area contributed by atoms with E-state index < -0.39 is 0 Å². The molecule has 0 aromatic heterocycles. The van der Waals surface area contributed by atoms with Gasteiger partial charge in [0.05, 0.1) is 0 Å². The molecule has 1 heterocycles. The fourth-order valence-corrected chi connectivity index (χ4v) is 2.20. The van der Waals surface area contributed by atoms with E-state index in [1.165, 1.54) is 0 Å². The number of carbonyl (C=O) groups excluding carboxylic acids is 1. The average molecular weight is 238 g/mol. The van der Waals surface area contributed by atoms with Crippen molar-refractivity contribution in [2.45, 2.75) is 6.92 Å². The van der Waals surface area contributed by atoms with Gasteiger partial charge in [-0.05, 0) is 13.0 Å². The number of benzene rings is 1. The SMILES string of the molecule is CCN[N+]1(C(=O)CCl)C=Cc2ccccc21. The van der Waals surface area contributed by atoms with E-state index in [0.29, 0.717) is 6.54 Å². The fourth-order valence-electron chi connectivity index (χ4n) is 2.01. The van der Waals surface area contributed by atoms with Gasteiger partial charge < -0.3 is 0 Å². The largest absolute Gasteiger partial charge is 0.357 e. The Morgan fingerprint density at radius 3 is 2.88 bits per heavy atom. The molecular formula is C12H14ClN2O+. The van der Waals surface area contributed by atoms with Crippen molar-refractivity contribution < 1.29 is 4.79 Å². The maximum absolute atomic E-state index is 12.0. The molecule has 1 atom stereocenters. The second-order valence-corrected chi connectivity index (χ2v) is 3.90. The minimum absolute atomic E-state index is 0.00826. The van der Waals surface area contributed by atoms with Crippen LogP contribution in [0.1, 0.15) is 12.5 Å². The zero-order chi connectivity index (χ0) is 11.6. The molecule has 16 heavy (non-hydrogen) atoms. The van der Waals surface area contributed by atoms with Crippen molar-refractivity contribution in [3.05, 3.63) is 36.0 Å². The maximum atomic E-state index is 12.0. The van der Waals surface area contributed by atoms with Gasteiger partial charge in [-0.3, -0.25) is 0 Å². The number of carbonyl (C=O) groups is 1. The van der Waals surface area contributed by atoms with Gasteiger partial charge in [0.1, 0.15) is 12.1 Å². The highest BCUT2D eigenvalue weighted by Gasteiger charge is 2.41. The zero-order valence-corrected chi connectivity index (χ0v) is 9.87. The van der Waals surface area contributed by atoms with E-state index in [1.807, 2.05) is 43.5 Å². The van der Waals surface area contributed by atoms with Crippen molar-refractivity contribution in [2.75, 3.05) is 12.4 Å². The Balaban J connectivity index is 2.51. The third-order valence-electron chi connectivity index (χ3n) is 2.71. The van der Waals surface area contributed by atoms with Crippen LogP contribution < -0.4 is 10.0 Å². The molecule has 0 saturated heterocycles. The molecule has 0 spiro atoms. The number of amides is 1. The van der Waals surface area contributed by atoms with E-state index in [1.54, 1.807) is 0 Å². The standard InChI is InChI=1S/C12H14ClN2O/c1-2-14-15(12(16)9-13)8-7-10-5-3-4-6-11(10)15/h3-8,14H,2,9H2,1H3/q+1. The molecule has 0 saturated carbocycles. The normalized spacial score (nSPS) is 22.1. The summed E-state index contributed by atoms with van der Waals surface area (Å²) >= 11 is 5.68. The van der Waals surface area contributed by atoms with Crippen LogP contribution in [-0.4, -0.2) is 18.3 Å². The number of alkyl halides is 1. The molecule has 0 radical (unpaired) electrons. The van der Waals surface area contributed by atoms with Crippen molar-refractivity contribution in [3.8, 4) is 0 Å². The predicted molar refractivity (Wildman–Crippen MR) is 66.7 cm³/mol. The lowest BCUT2D eigenvalue weighted by Gasteiger charge is -2.28. The molecule has 1 aromatic rings. The maximum Gasteiger partial charge on any atom is 0.357 e. The van der Waals surface area contributed by atoms with Crippen molar-refractivity contribution in [2.24, 2.45) is 0 Å². The third kappa shape index (κ3) is 1.57. The highest BCUT2D eigenvalue weighted by atomic mass is 35.5. The number of para-hydroxylation sites is 1. The smallest absolute Gasteiger partial charge is 0.226 e. The Kier molecular flexibility index (Phi) is 3.10. The molecule has 1 N–H and O–H groups in total. The molecule has 3 nitrogen and oxygen atoms in total. The summed E-state index contributed by atoms with van der Waals surface area (Å²) in [5, 5.41) is 0. The number of halogens is 1. The molecule has 1 amide bonds. The second kappa shape index (κ2) is 4.37. The van der Waals surface area contributed by atoms with Crippen molar-refractivity contribution in [1.29, 1.82) is 0 Å². The fraction of sp³-hybridized carbons (Fsp3) is 0.250. The molecule has 0 aliphatic carbocycles. The van der Waals surface area contributed by atoms with Crippen LogP contribution in [-0.2, 0) is 4.79 Å². The van der Waals surface area contributed by atoms with Crippen LogP contribution in [0.2, 0.25) is 0 Å². The first-order valence-electron chi connectivity index (χ1n) is 5.26. The van der Waals surface area contributed by atoms with Crippen LogP contribution in [0.4, 0.5) is 5.69 Å². The van der Waals surface area contributed by atoms with Gasteiger partial charge >= 0.3 is 5.91 Å². The molecule has 0 bridgehead atoms. The van der Waals surface area contributed by atoms with Gasteiger partial charge in [0.15, 0.2) is 5.69 Å². The molecule has 2 rings (SSSR count). The summed E-state index contributed by atoms with van der Waals surface area (Å²) in [6.07, 6.45) is 3.79. The Morgan fingerprint density at radius 1 is 1.44 bits per heavy atom. The van der Waals surface area contributed by atoms with Crippen LogP contribution in [0.3, 0.4) is 0 Å². The minimum Gasteiger partial charge on any atom is -0.226 e. The molecule has 0 fully saturated rings. The predicted octanol–water partition coefficient (Wildman–Crippen LogP) is 2.27. The van der Waals surface area contributed by atoms with Crippen LogP contribution in [0.25, 0.3) is 6.08 Å². The lowest BCUT2D eigenvalue weighted by atomic mass is 10.2. The van der Waals surface area contributed by atoms with Crippen molar-refractivity contribution in [3.63, 3.8) is 0 Å². The summed E-state index contributed by atoms with van der Waals surface area (Å²) in [6.45, 7) is 2.66. The monoisotopic (exact) mass is 237 g/mol. The first-order valence-corrected chi connectivity index (χ1v) is 5.80. The molecule has 1 aliphatic heterocycles. The second-order valence-electron chi connectivity index (χ2n) is 3.64. The number of fused-ring (bicyclic) bond motifs is 1. The van der Waals surface area contributed by atoms with E-state index in [2.05, 4.69) is 5.43 Å². The Bertz CT molecular complexity index is 444. The first-order chi connectivity index (χ1) is 7.74.